The van der Waals surface area contributed by atoms with Crippen molar-refractivity contribution in [3.63, 3.8) is 0 Å². The van der Waals surface area contributed by atoms with Crippen LogP contribution >= 0.6 is 0 Å². The van der Waals surface area contributed by atoms with Crippen LogP contribution in [-0.4, -0.2) is 158 Å². The fourth-order valence-electron chi connectivity index (χ4n) is 4.01. The highest BCUT2D eigenvalue weighted by molar-refractivity contribution is 5.73. The largest absolute Gasteiger partial charge is 0.479 e. The summed E-state index contributed by atoms with van der Waals surface area (Å²) in [5.41, 5.74) is 0. The summed E-state index contributed by atoms with van der Waals surface area (Å²) in [4.78, 5) is 11.7. The SMILES string of the molecule is CCO[C@@H]1OC(C(=O)O)[C@@H](O)C(O[C@@H]2OC[C@@H](O)C(O)C2O)C1O[C@@H]1OC(CO)[C@H](O)C(O)C1O. The maximum absolute atomic E-state index is 11.7. The van der Waals surface area contributed by atoms with Crippen molar-refractivity contribution < 1.29 is 79.2 Å². The van der Waals surface area contributed by atoms with E-state index in [1.54, 1.807) is 0 Å². The summed E-state index contributed by atoms with van der Waals surface area (Å²) < 4.78 is 32.4. The highest BCUT2D eigenvalue weighted by Crippen LogP contribution is 2.33. The average molecular weight is 516 g/mol. The minimum Gasteiger partial charge on any atom is -0.479 e. The van der Waals surface area contributed by atoms with Crippen LogP contribution in [0.3, 0.4) is 0 Å². The van der Waals surface area contributed by atoms with E-state index in [0.29, 0.717) is 0 Å². The van der Waals surface area contributed by atoms with Crippen LogP contribution in [0.15, 0.2) is 0 Å². The number of ether oxygens (including phenoxy) is 6. The van der Waals surface area contributed by atoms with Crippen molar-refractivity contribution in [1.29, 1.82) is 0 Å². The molecule has 3 aliphatic rings. The molecule has 204 valence electrons. The zero-order chi connectivity index (χ0) is 26.0. The second kappa shape index (κ2) is 12.0. The molecule has 3 heterocycles. The minimum atomic E-state index is -1.97. The Morgan fingerprint density at radius 1 is 0.800 bits per heavy atom. The summed E-state index contributed by atoms with van der Waals surface area (Å²) in [6.07, 6.45) is -23.8. The molecule has 0 radical (unpaired) electrons. The number of hydrogen-bond acceptors (Lipinski definition) is 15. The number of aliphatic hydroxyl groups excluding tert-OH is 8. The monoisotopic (exact) mass is 516 g/mol. The molecule has 3 saturated heterocycles. The van der Waals surface area contributed by atoms with Crippen molar-refractivity contribution in [3.05, 3.63) is 0 Å². The van der Waals surface area contributed by atoms with Crippen LogP contribution in [0.25, 0.3) is 0 Å². The lowest BCUT2D eigenvalue weighted by atomic mass is 9.96. The third kappa shape index (κ3) is 5.91. The fourth-order valence-corrected chi connectivity index (χ4v) is 4.01. The molecule has 0 aromatic heterocycles. The molecule has 0 saturated carbocycles. The van der Waals surface area contributed by atoms with Gasteiger partial charge in [-0.05, 0) is 6.92 Å². The standard InChI is InChI=1S/C19H32O16/c1-2-30-19-15(35-18-11(26)9(24)8(23)6(3-20)32-18)13(12(27)14(34-19)16(28)29)33-17-10(25)7(22)5(21)4-31-17/h5-15,17-27H,2-4H2,1H3,(H,28,29)/t5-,6?,7?,8+,9?,10?,11?,12+,13?,14?,15?,17+,18+,19-/m1/s1. The van der Waals surface area contributed by atoms with E-state index in [4.69, 9.17) is 28.4 Å². The molecular formula is C19H32O16. The van der Waals surface area contributed by atoms with Crippen molar-refractivity contribution >= 4 is 5.97 Å². The highest BCUT2D eigenvalue weighted by Gasteiger charge is 2.55. The Hall–Kier alpha value is -1.09. The Kier molecular flexibility index (Phi) is 9.74. The van der Waals surface area contributed by atoms with Crippen molar-refractivity contribution in [2.24, 2.45) is 0 Å². The predicted octanol–water partition coefficient (Wildman–Crippen LogP) is -5.80. The molecule has 35 heavy (non-hydrogen) atoms. The Balaban J connectivity index is 1.89. The summed E-state index contributed by atoms with van der Waals surface area (Å²) in [6, 6.07) is 0. The lowest BCUT2D eigenvalue weighted by Crippen LogP contribution is -2.67. The molecule has 3 fully saturated rings. The van der Waals surface area contributed by atoms with Gasteiger partial charge in [0.15, 0.2) is 25.0 Å². The third-order valence-corrected chi connectivity index (χ3v) is 5.98. The van der Waals surface area contributed by atoms with Crippen molar-refractivity contribution in [2.45, 2.75) is 92.9 Å². The van der Waals surface area contributed by atoms with Crippen molar-refractivity contribution in [2.75, 3.05) is 19.8 Å². The molecular weight excluding hydrogens is 484 g/mol. The van der Waals surface area contributed by atoms with Crippen LogP contribution in [0, 0.1) is 0 Å². The third-order valence-electron chi connectivity index (χ3n) is 5.98. The first-order chi connectivity index (χ1) is 16.5. The van der Waals surface area contributed by atoms with Crippen LogP contribution in [0.1, 0.15) is 6.92 Å². The molecule has 8 unspecified atom stereocenters. The number of rotatable bonds is 8. The summed E-state index contributed by atoms with van der Waals surface area (Å²) >= 11 is 0. The Labute approximate surface area is 198 Å². The summed E-state index contributed by atoms with van der Waals surface area (Å²) in [7, 11) is 0. The molecule has 0 spiro atoms. The van der Waals surface area contributed by atoms with Crippen LogP contribution in [0.5, 0.6) is 0 Å². The second-order valence-corrected chi connectivity index (χ2v) is 8.36. The zero-order valence-electron chi connectivity index (χ0n) is 18.6. The maximum atomic E-state index is 11.7. The first-order valence-corrected chi connectivity index (χ1v) is 11.0. The molecule has 3 aliphatic heterocycles. The minimum absolute atomic E-state index is 0.0399. The fraction of sp³-hybridized carbons (Fsp3) is 0.947. The molecule has 0 aromatic carbocycles. The van der Waals surface area contributed by atoms with Gasteiger partial charge in [0.1, 0.15) is 61.0 Å². The molecule has 0 bridgehead atoms. The summed E-state index contributed by atoms with van der Waals surface area (Å²) in [6.45, 7) is 0.281. The normalized spacial score (nSPS) is 49.1. The second-order valence-electron chi connectivity index (χ2n) is 8.36. The molecule has 16 nitrogen and oxygen atoms in total. The highest BCUT2D eigenvalue weighted by atomic mass is 16.8. The summed E-state index contributed by atoms with van der Waals surface area (Å²) in [5.74, 6) is -1.59. The van der Waals surface area contributed by atoms with Crippen LogP contribution in [0.2, 0.25) is 0 Å². The van der Waals surface area contributed by atoms with Gasteiger partial charge in [0.25, 0.3) is 0 Å². The molecule has 0 aliphatic carbocycles. The van der Waals surface area contributed by atoms with E-state index in [1.807, 2.05) is 0 Å². The number of aliphatic carboxylic acids is 1. The molecule has 3 rings (SSSR count). The van der Waals surface area contributed by atoms with E-state index >= 15 is 0 Å². The predicted molar refractivity (Wildman–Crippen MR) is 105 cm³/mol. The maximum Gasteiger partial charge on any atom is 0.335 e. The number of carboxylic acid groups (broad SMARTS) is 1. The quantitative estimate of drug-likeness (QED) is 0.146. The van der Waals surface area contributed by atoms with Crippen LogP contribution in [-0.2, 0) is 33.2 Å². The Bertz CT molecular complexity index is 694. The van der Waals surface area contributed by atoms with Gasteiger partial charge in [-0.25, -0.2) is 4.79 Å². The Morgan fingerprint density at radius 2 is 1.43 bits per heavy atom. The van der Waals surface area contributed by atoms with Gasteiger partial charge in [0.05, 0.1) is 13.2 Å². The first kappa shape index (κ1) is 28.5. The molecule has 0 aromatic rings. The molecule has 16 heteroatoms. The smallest absolute Gasteiger partial charge is 0.335 e. The molecule has 14 atom stereocenters. The van der Waals surface area contributed by atoms with E-state index in [2.05, 4.69) is 0 Å². The van der Waals surface area contributed by atoms with Gasteiger partial charge >= 0.3 is 5.97 Å². The van der Waals surface area contributed by atoms with Gasteiger partial charge in [-0.15, -0.1) is 0 Å². The Morgan fingerprint density at radius 3 is 2.03 bits per heavy atom. The van der Waals surface area contributed by atoms with Gasteiger partial charge in [0.2, 0.25) is 0 Å². The summed E-state index contributed by atoms with van der Waals surface area (Å²) in [5, 5.41) is 89.8. The topological polar surface area (TPSA) is 255 Å². The van der Waals surface area contributed by atoms with Crippen LogP contribution in [0.4, 0.5) is 0 Å². The van der Waals surface area contributed by atoms with E-state index in [-0.39, 0.29) is 6.61 Å². The number of carbonyl (C=O) groups is 1. The van der Waals surface area contributed by atoms with E-state index < -0.39 is 105 Å². The number of carboxylic acids is 1. The van der Waals surface area contributed by atoms with Crippen LogP contribution < -0.4 is 0 Å². The van der Waals surface area contributed by atoms with Crippen molar-refractivity contribution in [1.82, 2.24) is 0 Å². The van der Waals surface area contributed by atoms with Gasteiger partial charge in [-0.3, -0.25) is 0 Å². The average Bonchev–Trinajstić information content (AvgIpc) is 2.82. The lowest BCUT2D eigenvalue weighted by molar-refractivity contribution is -0.383. The van der Waals surface area contributed by atoms with Gasteiger partial charge < -0.3 is 74.4 Å². The zero-order valence-corrected chi connectivity index (χ0v) is 18.6. The van der Waals surface area contributed by atoms with E-state index in [9.17, 15) is 50.8 Å². The van der Waals surface area contributed by atoms with Gasteiger partial charge in [-0.2, -0.15) is 0 Å². The first-order valence-electron chi connectivity index (χ1n) is 11.0. The molecule has 9 N–H and O–H groups in total. The molecule has 0 amide bonds. The number of hydrogen-bond donors (Lipinski definition) is 9. The van der Waals surface area contributed by atoms with E-state index in [0.717, 1.165) is 0 Å². The lowest BCUT2D eigenvalue weighted by Gasteiger charge is -2.47. The number of aliphatic hydroxyl groups is 8. The van der Waals surface area contributed by atoms with Gasteiger partial charge in [0, 0.05) is 6.61 Å². The van der Waals surface area contributed by atoms with E-state index in [1.165, 1.54) is 6.92 Å². The van der Waals surface area contributed by atoms with Crippen molar-refractivity contribution in [3.8, 4) is 0 Å². The van der Waals surface area contributed by atoms with Gasteiger partial charge in [-0.1, -0.05) is 0 Å².